The van der Waals surface area contributed by atoms with Crippen molar-refractivity contribution in [1.82, 2.24) is 4.98 Å². The monoisotopic (exact) mass is 266 g/mol. The smallest absolute Gasteiger partial charge is 0.256 e. The molecule has 1 amide bonds. The molecule has 0 saturated heterocycles. The van der Waals surface area contributed by atoms with Crippen molar-refractivity contribution in [3.63, 3.8) is 0 Å². The van der Waals surface area contributed by atoms with E-state index in [4.69, 9.17) is 11.6 Å². The lowest BCUT2D eigenvalue weighted by Crippen LogP contribution is -2.13. The number of hydrogen-bond acceptors (Lipinski definition) is 3. The van der Waals surface area contributed by atoms with Crippen molar-refractivity contribution in [2.45, 2.75) is 13.8 Å². The van der Waals surface area contributed by atoms with Crippen LogP contribution >= 0.6 is 22.9 Å². The molecular weight excluding hydrogens is 256 g/mol. The van der Waals surface area contributed by atoms with Gasteiger partial charge in [0, 0.05) is 11.6 Å². The number of rotatable bonds is 2. The molecule has 88 valence electrons. The molecule has 2 rings (SSSR count). The SMILES string of the molecule is Cc1cscc1C(=O)Nc1c(C)ccnc1Cl. The molecular formula is C12H11ClN2OS. The van der Waals surface area contributed by atoms with Crippen LogP contribution in [0.5, 0.6) is 0 Å². The lowest BCUT2D eigenvalue weighted by Gasteiger charge is -2.09. The molecule has 0 unspecified atom stereocenters. The van der Waals surface area contributed by atoms with Gasteiger partial charge in [0.15, 0.2) is 5.15 Å². The molecule has 0 bridgehead atoms. The fraction of sp³-hybridized carbons (Fsp3) is 0.167. The zero-order valence-corrected chi connectivity index (χ0v) is 11.0. The normalized spacial score (nSPS) is 10.3. The van der Waals surface area contributed by atoms with Crippen LogP contribution in [-0.4, -0.2) is 10.9 Å². The molecule has 0 aliphatic rings. The summed E-state index contributed by atoms with van der Waals surface area (Å²) in [4.78, 5) is 16.0. The number of nitrogens with one attached hydrogen (secondary N) is 1. The van der Waals surface area contributed by atoms with Gasteiger partial charge in [-0.05, 0) is 36.4 Å². The fourth-order valence-corrected chi connectivity index (χ4v) is 2.53. The number of nitrogens with zero attached hydrogens (tertiary/aromatic N) is 1. The summed E-state index contributed by atoms with van der Waals surface area (Å²) in [5, 5.41) is 6.87. The zero-order valence-electron chi connectivity index (χ0n) is 9.45. The Balaban J connectivity index is 2.28. The molecule has 0 aliphatic heterocycles. The number of carbonyl (C=O) groups is 1. The van der Waals surface area contributed by atoms with Gasteiger partial charge in [-0.25, -0.2) is 4.98 Å². The molecule has 2 aromatic rings. The van der Waals surface area contributed by atoms with E-state index in [1.807, 2.05) is 30.7 Å². The number of carbonyl (C=O) groups excluding carboxylic acids is 1. The van der Waals surface area contributed by atoms with E-state index in [1.54, 1.807) is 6.20 Å². The number of thiophene rings is 1. The van der Waals surface area contributed by atoms with Crippen molar-refractivity contribution in [3.05, 3.63) is 44.9 Å². The van der Waals surface area contributed by atoms with E-state index in [9.17, 15) is 4.79 Å². The van der Waals surface area contributed by atoms with Crippen molar-refractivity contribution < 1.29 is 4.79 Å². The van der Waals surface area contributed by atoms with Crippen molar-refractivity contribution in [1.29, 1.82) is 0 Å². The van der Waals surface area contributed by atoms with Gasteiger partial charge in [0.05, 0.1) is 11.3 Å². The maximum atomic E-state index is 12.0. The number of aromatic nitrogens is 1. The molecule has 0 atom stereocenters. The van der Waals surface area contributed by atoms with Gasteiger partial charge in [0.1, 0.15) is 0 Å². The molecule has 0 aliphatic carbocycles. The number of pyridine rings is 1. The van der Waals surface area contributed by atoms with Crippen molar-refractivity contribution >= 4 is 34.5 Å². The highest BCUT2D eigenvalue weighted by atomic mass is 35.5. The highest BCUT2D eigenvalue weighted by Crippen LogP contribution is 2.24. The molecule has 0 fully saturated rings. The Hall–Kier alpha value is -1.39. The largest absolute Gasteiger partial charge is 0.319 e. The summed E-state index contributed by atoms with van der Waals surface area (Å²) >= 11 is 7.46. The lowest BCUT2D eigenvalue weighted by molar-refractivity contribution is 0.102. The van der Waals surface area contributed by atoms with E-state index in [1.165, 1.54) is 11.3 Å². The Labute approximate surface area is 108 Å². The van der Waals surface area contributed by atoms with Crippen LogP contribution in [0.2, 0.25) is 5.15 Å². The highest BCUT2D eigenvalue weighted by molar-refractivity contribution is 7.08. The first-order valence-electron chi connectivity index (χ1n) is 5.05. The van der Waals surface area contributed by atoms with Gasteiger partial charge >= 0.3 is 0 Å². The number of aryl methyl sites for hydroxylation is 2. The Morgan fingerprint density at radius 2 is 2.12 bits per heavy atom. The quantitative estimate of drug-likeness (QED) is 0.843. The van der Waals surface area contributed by atoms with Crippen molar-refractivity contribution in [3.8, 4) is 0 Å². The second-order valence-electron chi connectivity index (χ2n) is 3.72. The van der Waals surface area contributed by atoms with Crippen LogP contribution in [0.3, 0.4) is 0 Å². The van der Waals surface area contributed by atoms with Gasteiger partial charge in [-0.3, -0.25) is 4.79 Å². The third-order valence-electron chi connectivity index (χ3n) is 2.45. The summed E-state index contributed by atoms with van der Waals surface area (Å²) in [5.74, 6) is -0.151. The van der Waals surface area contributed by atoms with Crippen LogP contribution in [0.25, 0.3) is 0 Å². The predicted molar refractivity (Wildman–Crippen MR) is 71.0 cm³/mol. The van der Waals surface area contributed by atoms with Crippen LogP contribution in [0.1, 0.15) is 21.5 Å². The van der Waals surface area contributed by atoms with Crippen molar-refractivity contribution in [2.24, 2.45) is 0 Å². The van der Waals surface area contributed by atoms with E-state index in [-0.39, 0.29) is 5.91 Å². The van der Waals surface area contributed by atoms with Crippen LogP contribution < -0.4 is 5.32 Å². The summed E-state index contributed by atoms with van der Waals surface area (Å²) in [6.45, 7) is 3.78. The van der Waals surface area contributed by atoms with Gasteiger partial charge in [-0.1, -0.05) is 11.6 Å². The maximum Gasteiger partial charge on any atom is 0.256 e. The molecule has 1 N–H and O–H groups in total. The first-order valence-corrected chi connectivity index (χ1v) is 6.37. The molecule has 2 heterocycles. The minimum atomic E-state index is -0.151. The number of halogens is 1. The number of anilines is 1. The van der Waals surface area contributed by atoms with Gasteiger partial charge in [0.25, 0.3) is 5.91 Å². The maximum absolute atomic E-state index is 12.0. The standard InChI is InChI=1S/C12H11ClN2OS/c1-7-3-4-14-11(13)10(7)15-12(16)9-6-17-5-8(9)2/h3-6H,1-2H3,(H,15,16). The van der Waals surface area contributed by atoms with Crippen LogP contribution in [0.15, 0.2) is 23.0 Å². The summed E-state index contributed by atoms with van der Waals surface area (Å²) in [6, 6.07) is 1.81. The molecule has 0 aromatic carbocycles. The molecule has 3 nitrogen and oxygen atoms in total. The molecule has 17 heavy (non-hydrogen) atoms. The minimum absolute atomic E-state index is 0.151. The van der Waals surface area contributed by atoms with Gasteiger partial charge in [0.2, 0.25) is 0 Å². The second kappa shape index (κ2) is 4.85. The van der Waals surface area contributed by atoms with E-state index < -0.39 is 0 Å². The highest BCUT2D eigenvalue weighted by Gasteiger charge is 2.13. The van der Waals surface area contributed by atoms with Gasteiger partial charge < -0.3 is 5.32 Å². The first-order chi connectivity index (χ1) is 8.09. The summed E-state index contributed by atoms with van der Waals surface area (Å²) < 4.78 is 0. The minimum Gasteiger partial charge on any atom is -0.319 e. The Morgan fingerprint density at radius 1 is 1.35 bits per heavy atom. The number of amides is 1. The van der Waals surface area contributed by atoms with Crippen LogP contribution in [-0.2, 0) is 0 Å². The van der Waals surface area contributed by atoms with E-state index in [0.717, 1.165) is 11.1 Å². The second-order valence-corrected chi connectivity index (χ2v) is 4.82. The average molecular weight is 267 g/mol. The fourth-order valence-electron chi connectivity index (χ4n) is 1.45. The first kappa shape index (κ1) is 12.1. The van der Waals surface area contributed by atoms with E-state index in [0.29, 0.717) is 16.4 Å². The molecule has 0 radical (unpaired) electrons. The predicted octanol–water partition coefficient (Wildman–Crippen LogP) is 3.67. The lowest BCUT2D eigenvalue weighted by atomic mass is 10.2. The van der Waals surface area contributed by atoms with Crippen LogP contribution in [0, 0.1) is 13.8 Å². The van der Waals surface area contributed by atoms with E-state index >= 15 is 0 Å². The third kappa shape index (κ3) is 2.48. The summed E-state index contributed by atoms with van der Waals surface area (Å²) in [6.07, 6.45) is 1.61. The molecule has 2 aromatic heterocycles. The van der Waals surface area contributed by atoms with Crippen molar-refractivity contribution in [2.75, 3.05) is 5.32 Å². The zero-order chi connectivity index (χ0) is 12.4. The molecule has 0 spiro atoms. The Morgan fingerprint density at radius 3 is 2.71 bits per heavy atom. The molecule has 0 saturated carbocycles. The summed E-state index contributed by atoms with van der Waals surface area (Å²) in [7, 11) is 0. The Kier molecular flexibility index (Phi) is 3.45. The van der Waals surface area contributed by atoms with E-state index in [2.05, 4.69) is 10.3 Å². The van der Waals surface area contributed by atoms with Gasteiger partial charge in [-0.2, -0.15) is 11.3 Å². The van der Waals surface area contributed by atoms with Crippen LogP contribution in [0.4, 0.5) is 5.69 Å². The number of hydrogen-bond donors (Lipinski definition) is 1. The topological polar surface area (TPSA) is 42.0 Å². The summed E-state index contributed by atoms with van der Waals surface area (Å²) in [5.41, 5.74) is 3.11. The molecule has 5 heteroatoms. The average Bonchev–Trinajstić information content (AvgIpc) is 2.70. The van der Waals surface area contributed by atoms with Gasteiger partial charge in [-0.15, -0.1) is 0 Å². The third-order valence-corrected chi connectivity index (χ3v) is 3.60. The Bertz CT molecular complexity index is 545.